The maximum absolute atomic E-state index is 14.1. The summed E-state index contributed by atoms with van der Waals surface area (Å²) < 4.78 is 85.6. The monoisotopic (exact) mass is 616 g/mol. The lowest BCUT2D eigenvalue weighted by atomic mass is 9.61. The number of halogens is 4. The zero-order valence-corrected chi connectivity index (χ0v) is 23.9. The van der Waals surface area contributed by atoms with Gasteiger partial charge in [0.15, 0.2) is 0 Å². The molecule has 226 valence electrons. The minimum absolute atomic E-state index is 0.00232. The molecule has 0 radical (unpaired) electrons. The number of piperidine rings is 1. The molecule has 9 nitrogen and oxygen atoms in total. The molecule has 1 saturated heterocycles. The number of fused-ring (bicyclic) bond motifs is 2. The van der Waals surface area contributed by atoms with Gasteiger partial charge in [0, 0.05) is 36.0 Å². The number of aromatic nitrogens is 5. The van der Waals surface area contributed by atoms with Crippen LogP contribution in [0.4, 0.5) is 17.6 Å². The summed E-state index contributed by atoms with van der Waals surface area (Å²) in [6.45, 7) is 3.36. The third kappa shape index (κ3) is 5.16. The molecule has 1 aliphatic heterocycles. The van der Waals surface area contributed by atoms with Gasteiger partial charge in [-0.15, -0.1) is 0 Å². The fourth-order valence-electron chi connectivity index (χ4n) is 6.17. The molecule has 2 atom stereocenters. The third-order valence-electron chi connectivity index (χ3n) is 8.35. The molecule has 2 aliphatic rings. The minimum Gasteiger partial charge on any atom is -0.316 e. The minimum atomic E-state index is -4.76. The van der Waals surface area contributed by atoms with Crippen LogP contribution in [-0.2, 0) is 41.0 Å². The van der Waals surface area contributed by atoms with Crippen LogP contribution < -0.4 is 5.32 Å². The van der Waals surface area contributed by atoms with Crippen LogP contribution in [0.15, 0.2) is 59.9 Å². The van der Waals surface area contributed by atoms with Crippen LogP contribution in [-0.4, -0.2) is 51.2 Å². The summed E-state index contributed by atoms with van der Waals surface area (Å²) >= 11 is 0. The van der Waals surface area contributed by atoms with E-state index in [0.717, 1.165) is 28.7 Å². The molecular weight excluding hydrogens is 588 g/mol. The number of aryl methyl sites for hydroxylation is 1. The molecule has 0 spiro atoms. The molecule has 1 fully saturated rings. The van der Waals surface area contributed by atoms with E-state index in [1.165, 1.54) is 30.7 Å². The fourth-order valence-corrected chi connectivity index (χ4v) is 7.46. The van der Waals surface area contributed by atoms with E-state index in [1.807, 2.05) is 6.92 Å². The molecule has 0 amide bonds. The number of rotatable bonds is 7. The van der Waals surface area contributed by atoms with E-state index in [0.29, 0.717) is 36.8 Å². The Bertz CT molecular complexity index is 1800. The van der Waals surface area contributed by atoms with Crippen molar-refractivity contribution in [3.8, 4) is 0 Å². The number of hydrogen-bond acceptors (Lipinski definition) is 7. The Hall–Kier alpha value is -3.91. The summed E-state index contributed by atoms with van der Waals surface area (Å²) in [5.41, 5.74) is -1.23. The average Bonchev–Trinajstić information content (AvgIpc) is 3.63. The molecule has 0 saturated carbocycles. The standard InChI is InChI=1S/C29H28F4N6O3S/c1-2-9-38-16-23(15-35-38)43(41,42)39-25-11-20-7-8-34-17-28(20,13-19(25)14-36-39)26-12-21(29(31,32)33)10-24(37-26)27(40)18-3-5-22(30)6-4-18/h3-6,10,12,14-16,20,34H,2,7-9,11,13,17H2,1H3/t20-,28-/m0/s1. The third-order valence-corrected chi connectivity index (χ3v) is 9.92. The molecule has 1 aromatic carbocycles. The van der Waals surface area contributed by atoms with Gasteiger partial charge in [-0.2, -0.15) is 35.9 Å². The van der Waals surface area contributed by atoms with E-state index in [4.69, 9.17) is 0 Å². The van der Waals surface area contributed by atoms with E-state index < -0.39 is 44.5 Å². The Kier molecular flexibility index (Phi) is 7.24. The highest BCUT2D eigenvalue weighted by Gasteiger charge is 2.49. The maximum atomic E-state index is 14.1. The van der Waals surface area contributed by atoms with Crippen LogP contribution in [0.3, 0.4) is 0 Å². The number of ketones is 1. The van der Waals surface area contributed by atoms with Gasteiger partial charge in [0.25, 0.3) is 10.0 Å². The number of carbonyl (C=O) groups excluding carboxylic acids is 1. The van der Waals surface area contributed by atoms with E-state index in [-0.39, 0.29) is 41.5 Å². The van der Waals surface area contributed by atoms with E-state index in [1.54, 1.807) is 4.68 Å². The first-order valence-corrected chi connectivity index (χ1v) is 15.3. The van der Waals surface area contributed by atoms with Crippen LogP contribution >= 0.6 is 0 Å². The number of benzene rings is 1. The van der Waals surface area contributed by atoms with Crippen LogP contribution in [0.25, 0.3) is 0 Å². The van der Waals surface area contributed by atoms with Crippen LogP contribution in [0.5, 0.6) is 0 Å². The first kappa shape index (κ1) is 29.2. The Morgan fingerprint density at radius 2 is 1.91 bits per heavy atom. The fraction of sp³-hybridized carbons (Fsp3) is 0.379. The van der Waals surface area contributed by atoms with Gasteiger partial charge in [0.2, 0.25) is 5.78 Å². The van der Waals surface area contributed by atoms with Crippen molar-refractivity contribution in [2.45, 2.75) is 55.6 Å². The summed E-state index contributed by atoms with van der Waals surface area (Å²) in [7, 11) is -4.06. The molecule has 1 aliphatic carbocycles. The number of carbonyl (C=O) groups is 1. The topological polar surface area (TPSA) is 112 Å². The quantitative estimate of drug-likeness (QED) is 0.245. The molecule has 1 N–H and O–H groups in total. The molecule has 4 aromatic rings. The Morgan fingerprint density at radius 3 is 2.63 bits per heavy atom. The van der Waals surface area contributed by atoms with Gasteiger partial charge in [0.1, 0.15) is 16.4 Å². The zero-order chi connectivity index (χ0) is 30.6. The van der Waals surface area contributed by atoms with E-state index in [9.17, 15) is 30.8 Å². The highest BCUT2D eigenvalue weighted by molar-refractivity contribution is 7.89. The van der Waals surface area contributed by atoms with Crippen LogP contribution in [0.2, 0.25) is 0 Å². The molecule has 43 heavy (non-hydrogen) atoms. The second-order valence-electron chi connectivity index (χ2n) is 11.1. The Morgan fingerprint density at radius 1 is 1.14 bits per heavy atom. The van der Waals surface area contributed by atoms with Gasteiger partial charge >= 0.3 is 6.18 Å². The summed E-state index contributed by atoms with van der Waals surface area (Å²) in [5.74, 6) is -1.64. The predicted octanol–water partition coefficient (Wildman–Crippen LogP) is 4.16. The zero-order valence-electron chi connectivity index (χ0n) is 23.1. The summed E-state index contributed by atoms with van der Waals surface area (Å²) in [6, 6.07) is 6.23. The smallest absolute Gasteiger partial charge is 0.316 e. The lowest BCUT2D eigenvalue weighted by molar-refractivity contribution is -0.137. The predicted molar refractivity (Wildman–Crippen MR) is 146 cm³/mol. The van der Waals surface area contributed by atoms with Crippen molar-refractivity contribution in [1.29, 1.82) is 0 Å². The van der Waals surface area contributed by atoms with Crippen molar-refractivity contribution in [2.75, 3.05) is 13.1 Å². The molecule has 3 aromatic heterocycles. The van der Waals surface area contributed by atoms with Gasteiger partial charge in [-0.3, -0.25) is 9.48 Å². The van der Waals surface area contributed by atoms with Crippen molar-refractivity contribution >= 4 is 15.8 Å². The molecular formula is C29H28F4N6O3S. The van der Waals surface area contributed by atoms with Crippen molar-refractivity contribution in [3.05, 3.63) is 94.6 Å². The normalized spacial score (nSPS) is 20.4. The summed E-state index contributed by atoms with van der Waals surface area (Å²) in [4.78, 5) is 17.8. The van der Waals surface area contributed by atoms with Crippen LogP contribution in [0.1, 0.15) is 58.3 Å². The maximum Gasteiger partial charge on any atom is 0.416 e. The second-order valence-corrected chi connectivity index (χ2v) is 12.8. The Balaban J connectivity index is 1.43. The average molecular weight is 617 g/mol. The van der Waals surface area contributed by atoms with Crippen LogP contribution in [0, 0.1) is 11.7 Å². The number of hydrogen-bond donors (Lipinski definition) is 1. The van der Waals surface area contributed by atoms with Crippen molar-refractivity contribution < 1.29 is 30.8 Å². The van der Waals surface area contributed by atoms with E-state index >= 15 is 0 Å². The molecule has 6 rings (SSSR count). The molecule has 14 heteroatoms. The van der Waals surface area contributed by atoms with Gasteiger partial charge in [-0.05, 0) is 80.1 Å². The lowest BCUT2D eigenvalue weighted by Gasteiger charge is -2.47. The first-order valence-electron chi connectivity index (χ1n) is 13.9. The summed E-state index contributed by atoms with van der Waals surface area (Å²) in [5, 5.41) is 11.6. The SMILES string of the molecule is CCCn1cc(S(=O)(=O)n2ncc3c2C[C@@H]2CCNC[C@@]2(c2cc(C(F)(F)F)cc(C(=O)c4ccc(F)cc4)n2)C3)cn1. The van der Waals surface area contributed by atoms with Gasteiger partial charge in [-0.25, -0.2) is 9.37 Å². The number of alkyl halides is 3. The number of pyridine rings is 1. The van der Waals surface area contributed by atoms with Gasteiger partial charge < -0.3 is 5.32 Å². The molecule has 4 heterocycles. The highest BCUT2D eigenvalue weighted by atomic mass is 32.2. The summed E-state index contributed by atoms with van der Waals surface area (Å²) in [6.07, 6.45) is 1.13. The van der Waals surface area contributed by atoms with Gasteiger partial charge in [0.05, 0.1) is 23.7 Å². The van der Waals surface area contributed by atoms with Crippen molar-refractivity contribution in [3.63, 3.8) is 0 Å². The number of nitrogens with zero attached hydrogens (tertiary/aromatic N) is 5. The lowest BCUT2D eigenvalue weighted by Crippen LogP contribution is -2.54. The largest absolute Gasteiger partial charge is 0.416 e. The second kappa shape index (κ2) is 10.7. The Labute approximate surface area is 245 Å². The molecule has 0 bridgehead atoms. The van der Waals surface area contributed by atoms with Crippen molar-refractivity contribution in [2.24, 2.45) is 5.92 Å². The first-order chi connectivity index (χ1) is 20.4. The highest BCUT2D eigenvalue weighted by Crippen LogP contribution is 2.46. The molecule has 0 unspecified atom stereocenters. The van der Waals surface area contributed by atoms with E-state index in [2.05, 4.69) is 20.5 Å². The van der Waals surface area contributed by atoms with Gasteiger partial charge in [-0.1, -0.05) is 6.92 Å². The van der Waals surface area contributed by atoms with Crippen molar-refractivity contribution in [1.82, 2.24) is 29.3 Å². The number of nitrogens with one attached hydrogen (secondary N) is 1.